The maximum atomic E-state index is 6.31. The molecule has 0 aromatic heterocycles. The van der Waals surface area contributed by atoms with E-state index in [2.05, 4.69) is 39.2 Å². The first-order valence-electron chi connectivity index (χ1n) is 6.37. The van der Waals surface area contributed by atoms with Crippen LogP contribution in [0.5, 0.6) is 0 Å². The molecule has 0 saturated carbocycles. The molecule has 0 unspecified atom stereocenters. The van der Waals surface area contributed by atoms with E-state index >= 15 is 0 Å². The first-order chi connectivity index (χ1) is 7.66. The summed E-state index contributed by atoms with van der Waals surface area (Å²) < 4.78 is 6.30. The van der Waals surface area contributed by atoms with Crippen LogP contribution in [0.4, 0.5) is 0 Å². The van der Waals surface area contributed by atoms with E-state index in [9.17, 15) is 0 Å². The van der Waals surface area contributed by atoms with Crippen molar-refractivity contribution in [2.24, 2.45) is 0 Å². The topological polar surface area (TPSA) is 21.3 Å². The molecule has 1 aliphatic heterocycles. The minimum absolute atomic E-state index is 0.000972. The van der Waals surface area contributed by atoms with E-state index in [1.54, 1.807) is 0 Å². The highest BCUT2D eigenvalue weighted by molar-refractivity contribution is 8.11. The zero-order valence-corrected chi connectivity index (χ0v) is 14.5. The number of thiol groups is 1. The highest BCUT2D eigenvalue weighted by Gasteiger charge is 2.39. The van der Waals surface area contributed by atoms with Gasteiger partial charge in [0.2, 0.25) is 0 Å². The Morgan fingerprint density at radius 1 is 1.35 bits per heavy atom. The largest absolute Gasteiger partial charge is 0.415 e. The van der Waals surface area contributed by atoms with Crippen LogP contribution >= 0.6 is 24.4 Å². The van der Waals surface area contributed by atoms with Gasteiger partial charge >= 0.3 is 0 Å². The Bertz CT molecular complexity index is 245. The van der Waals surface area contributed by atoms with E-state index in [0.717, 1.165) is 31.9 Å². The molecule has 5 heteroatoms. The number of nitrogens with one attached hydrogen (secondary N) is 1. The van der Waals surface area contributed by atoms with Crippen LogP contribution in [-0.2, 0) is 4.43 Å². The van der Waals surface area contributed by atoms with Crippen molar-refractivity contribution < 1.29 is 4.43 Å². The van der Waals surface area contributed by atoms with Gasteiger partial charge in [0, 0.05) is 12.3 Å². The Labute approximate surface area is 117 Å². The second-order valence-corrected chi connectivity index (χ2v) is 13.8. The van der Waals surface area contributed by atoms with Crippen molar-refractivity contribution in [3.63, 3.8) is 0 Å². The Morgan fingerprint density at radius 2 is 2.00 bits per heavy atom. The third-order valence-electron chi connectivity index (χ3n) is 3.81. The fourth-order valence-corrected chi connectivity index (χ4v) is 4.15. The van der Waals surface area contributed by atoms with Crippen LogP contribution in [0.2, 0.25) is 18.1 Å². The van der Waals surface area contributed by atoms with Gasteiger partial charge in [0.15, 0.2) is 8.32 Å². The standard InChI is InChI=1S/C12H27NOS2Si/c1-11(2,3)17(4,5)14-10-12(15)6-7-13-8-9-16-12/h13,15H,6-10H2,1-5H3/t12-/m1/s1. The minimum Gasteiger partial charge on any atom is -0.415 e. The number of hydrogen-bond donors (Lipinski definition) is 2. The van der Waals surface area contributed by atoms with E-state index in [1.165, 1.54) is 0 Å². The molecule has 0 aliphatic carbocycles. The Hall–Kier alpha value is 0.837. The van der Waals surface area contributed by atoms with Gasteiger partial charge in [-0.25, -0.2) is 0 Å². The summed E-state index contributed by atoms with van der Waals surface area (Å²) in [6.07, 6.45) is 1.08. The van der Waals surface area contributed by atoms with Gasteiger partial charge in [-0.05, 0) is 31.1 Å². The normalized spacial score (nSPS) is 27.9. The third kappa shape index (κ3) is 4.78. The Balaban J connectivity index is 2.53. The predicted molar refractivity (Wildman–Crippen MR) is 84.8 cm³/mol. The second kappa shape index (κ2) is 5.86. The molecule has 0 aromatic carbocycles. The average molecular weight is 294 g/mol. The summed E-state index contributed by atoms with van der Waals surface area (Å²) >= 11 is 6.78. The lowest BCUT2D eigenvalue weighted by atomic mass is 10.2. The van der Waals surface area contributed by atoms with Crippen LogP contribution in [0, 0.1) is 0 Å². The van der Waals surface area contributed by atoms with E-state index in [-0.39, 0.29) is 9.12 Å². The smallest absolute Gasteiger partial charge is 0.192 e. The minimum atomic E-state index is -1.63. The molecule has 1 aliphatic rings. The highest BCUT2D eigenvalue weighted by Crippen LogP contribution is 2.40. The summed E-state index contributed by atoms with van der Waals surface area (Å²) in [6, 6.07) is 0. The molecule has 17 heavy (non-hydrogen) atoms. The van der Waals surface area contributed by atoms with Crippen LogP contribution in [0.3, 0.4) is 0 Å². The van der Waals surface area contributed by atoms with Crippen molar-refractivity contribution in [1.82, 2.24) is 5.32 Å². The number of hydrogen-bond acceptors (Lipinski definition) is 4. The van der Waals surface area contributed by atoms with Gasteiger partial charge in [0.1, 0.15) is 0 Å². The van der Waals surface area contributed by atoms with Gasteiger partial charge < -0.3 is 9.74 Å². The van der Waals surface area contributed by atoms with Gasteiger partial charge in [-0.3, -0.25) is 0 Å². The predicted octanol–water partition coefficient (Wildman–Crippen LogP) is 3.36. The molecule has 0 spiro atoms. The molecule has 0 radical (unpaired) electrons. The van der Waals surface area contributed by atoms with Crippen molar-refractivity contribution >= 4 is 32.7 Å². The maximum absolute atomic E-state index is 6.31. The lowest BCUT2D eigenvalue weighted by Gasteiger charge is -2.39. The summed E-state index contributed by atoms with van der Waals surface area (Å²) in [5, 5.41) is 3.70. The van der Waals surface area contributed by atoms with E-state index in [0.29, 0.717) is 0 Å². The van der Waals surface area contributed by atoms with Crippen LogP contribution in [0.1, 0.15) is 27.2 Å². The Morgan fingerprint density at radius 3 is 2.59 bits per heavy atom. The molecule has 102 valence electrons. The van der Waals surface area contributed by atoms with Crippen LogP contribution in [-0.4, -0.2) is 37.8 Å². The van der Waals surface area contributed by atoms with Crippen molar-refractivity contribution in [3.05, 3.63) is 0 Å². The van der Waals surface area contributed by atoms with Gasteiger partial charge in [-0.2, -0.15) is 12.6 Å². The zero-order valence-electron chi connectivity index (χ0n) is 11.8. The van der Waals surface area contributed by atoms with E-state index < -0.39 is 8.32 Å². The zero-order chi connectivity index (χ0) is 13.2. The van der Waals surface area contributed by atoms with Crippen molar-refractivity contribution in [2.45, 2.75) is 49.4 Å². The van der Waals surface area contributed by atoms with Crippen molar-refractivity contribution in [1.29, 1.82) is 0 Å². The molecule has 1 N–H and O–H groups in total. The molecule has 1 atom stereocenters. The molecule has 1 saturated heterocycles. The molecular formula is C12H27NOS2Si. The molecule has 1 fully saturated rings. The number of thioether (sulfide) groups is 1. The quantitative estimate of drug-likeness (QED) is 0.615. The fraction of sp³-hybridized carbons (Fsp3) is 1.00. The molecular weight excluding hydrogens is 266 g/mol. The molecule has 0 bridgehead atoms. The molecule has 2 nitrogen and oxygen atoms in total. The molecule has 1 rings (SSSR count). The van der Waals surface area contributed by atoms with Crippen LogP contribution in [0.25, 0.3) is 0 Å². The van der Waals surface area contributed by atoms with Gasteiger partial charge in [0.25, 0.3) is 0 Å². The number of rotatable bonds is 3. The lowest BCUT2D eigenvalue weighted by molar-refractivity contribution is 0.275. The summed E-state index contributed by atoms with van der Waals surface area (Å²) in [5.74, 6) is 1.13. The SMILES string of the molecule is CC(C)(C)[Si](C)(C)OC[C@@]1(S)CCNCCS1. The van der Waals surface area contributed by atoms with Crippen molar-refractivity contribution in [3.8, 4) is 0 Å². The summed E-state index contributed by atoms with van der Waals surface area (Å²) in [5.41, 5.74) is 0. The van der Waals surface area contributed by atoms with E-state index in [4.69, 9.17) is 17.1 Å². The highest BCUT2D eigenvalue weighted by atomic mass is 32.2. The third-order valence-corrected chi connectivity index (χ3v) is 10.3. The first kappa shape index (κ1) is 15.9. The average Bonchev–Trinajstić information content (AvgIpc) is 2.40. The van der Waals surface area contributed by atoms with E-state index in [1.807, 2.05) is 11.8 Å². The molecule has 0 amide bonds. The van der Waals surface area contributed by atoms with Gasteiger partial charge in [-0.15, -0.1) is 11.8 Å². The van der Waals surface area contributed by atoms with Gasteiger partial charge in [-0.1, -0.05) is 20.8 Å². The maximum Gasteiger partial charge on any atom is 0.192 e. The summed E-state index contributed by atoms with van der Waals surface area (Å²) in [4.78, 5) is 0. The summed E-state index contributed by atoms with van der Waals surface area (Å²) in [7, 11) is -1.63. The van der Waals surface area contributed by atoms with Crippen LogP contribution in [0.15, 0.2) is 0 Å². The van der Waals surface area contributed by atoms with Crippen LogP contribution < -0.4 is 5.32 Å². The Kier molecular flexibility index (Phi) is 5.48. The molecule has 0 aromatic rings. The lowest BCUT2D eigenvalue weighted by Crippen LogP contribution is -2.44. The molecule has 1 heterocycles. The van der Waals surface area contributed by atoms with Gasteiger partial charge in [0.05, 0.1) is 10.7 Å². The first-order valence-corrected chi connectivity index (χ1v) is 10.7. The fourth-order valence-electron chi connectivity index (χ4n) is 1.42. The monoisotopic (exact) mass is 293 g/mol. The summed E-state index contributed by atoms with van der Waals surface area (Å²) in [6.45, 7) is 14.4. The second-order valence-electron chi connectivity index (χ2n) is 6.34. The van der Waals surface area contributed by atoms with Crippen molar-refractivity contribution in [2.75, 3.05) is 25.4 Å².